The van der Waals surface area contributed by atoms with Gasteiger partial charge >= 0.3 is 0 Å². The highest BCUT2D eigenvalue weighted by Crippen LogP contribution is 2.43. The third kappa shape index (κ3) is 4.89. The number of anilines is 1. The average molecular weight is 559 g/mol. The third-order valence-electron chi connectivity index (χ3n) is 8.02. The molecule has 1 aliphatic heterocycles. The smallest absolute Gasteiger partial charge is 0.252 e. The van der Waals surface area contributed by atoms with Gasteiger partial charge in [0.2, 0.25) is 0 Å². The third-order valence-corrected chi connectivity index (χ3v) is 8.94. The number of pyridine rings is 2. The van der Waals surface area contributed by atoms with Gasteiger partial charge in [0, 0.05) is 50.7 Å². The fourth-order valence-corrected chi connectivity index (χ4v) is 6.81. The number of thiazole rings is 1. The maximum absolute atomic E-state index is 13.9. The SMILES string of the molecule is COC[C@@H]1CN(c2cc(=O)n(C)c3ccc(C#N)nc23)[C@@H](C)CN1C(c1ccc(F)cc1)c1nc(C2CC2)cs1. The summed E-state index contributed by atoms with van der Waals surface area (Å²) in [4.78, 5) is 27.3. The number of hydrogen-bond acceptors (Lipinski definition) is 8. The zero-order chi connectivity index (χ0) is 28.0. The number of halogens is 1. The lowest BCUT2D eigenvalue weighted by Crippen LogP contribution is -2.60. The number of ether oxygens (including phenoxy) is 1. The van der Waals surface area contributed by atoms with Crippen LogP contribution in [0.1, 0.15) is 53.7 Å². The number of aromatic nitrogens is 3. The van der Waals surface area contributed by atoms with E-state index in [1.165, 1.54) is 25.0 Å². The number of piperazine rings is 1. The van der Waals surface area contributed by atoms with Crippen LogP contribution in [0.2, 0.25) is 0 Å². The highest BCUT2D eigenvalue weighted by molar-refractivity contribution is 7.09. The van der Waals surface area contributed by atoms with Crippen LogP contribution in [-0.4, -0.2) is 58.3 Å². The van der Waals surface area contributed by atoms with Crippen molar-refractivity contribution in [3.63, 3.8) is 0 Å². The van der Waals surface area contributed by atoms with Gasteiger partial charge in [-0.25, -0.2) is 14.4 Å². The summed E-state index contributed by atoms with van der Waals surface area (Å²) in [6.45, 7) is 3.82. The van der Waals surface area contributed by atoms with Crippen molar-refractivity contribution in [2.45, 2.75) is 43.8 Å². The summed E-state index contributed by atoms with van der Waals surface area (Å²) in [5.41, 5.74) is 4.32. The number of nitrogens with zero attached hydrogens (tertiary/aromatic N) is 6. The van der Waals surface area contributed by atoms with Crippen LogP contribution in [0.25, 0.3) is 11.0 Å². The van der Waals surface area contributed by atoms with E-state index in [0.717, 1.165) is 16.3 Å². The molecule has 4 aromatic rings. The van der Waals surface area contributed by atoms with Crippen LogP contribution in [0.3, 0.4) is 0 Å². The molecule has 2 fully saturated rings. The maximum atomic E-state index is 13.9. The molecule has 3 atom stereocenters. The van der Waals surface area contributed by atoms with Crippen LogP contribution in [0.4, 0.5) is 10.1 Å². The van der Waals surface area contributed by atoms with Crippen LogP contribution >= 0.6 is 11.3 Å². The standard InChI is InChI=1S/C30H31FN6O2S/c1-18-14-37(29(20-6-8-21(31)9-7-20)30-34-24(17-40-30)19-4-5-19)23(16-39-3)15-36(18)26-12-27(38)35(2)25-11-10-22(13-32)33-28(25)26/h6-12,17-19,23,29H,4-5,14-16H2,1-3H3/t18-,23-,29?/m0/s1. The molecule has 0 N–H and O–H groups in total. The molecule has 1 aliphatic carbocycles. The summed E-state index contributed by atoms with van der Waals surface area (Å²) in [7, 11) is 3.41. The topological polar surface area (TPSA) is 87.3 Å². The lowest BCUT2D eigenvalue weighted by Gasteiger charge is -2.48. The highest BCUT2D eigenvalue weighted by atomic mass is 32.1. The Balaban J connectivity index is 1.42. The van der Waals surface area contributed by atoms with Gasteiger partial charge in [-0.15, -0.1) is 11.3 Å². The second-order valence-electron chi connectivity index (χ2n) is 10.7. The minimum absolute atomic E-state index is 0.00164. The van der Waals surface area contributed by atoms with E-state index in [4.69, 9.17) is 9.72 Å². The van der Waals surface area contributed by atoms with Crippen LogP contribution < -0.4 is 10.5 Å². The second kappa shape index (κ2) is 10.7. The number of fused-ring (bicyclic) bond motifs is 1. The van der Waals surface area contributed by atoms with Crippen molar-refractivity contribution < 1.29 is 9.13 Å². The van der Waals surface area contributed by atoms with E-state index < -0.39 is 0 Å². The van der Waals surface area contributed by atoms with Crippen molar-refractivity contribution in [2.75, 3.05) is 31.7 Å². The summed E-state index contributed by atoms with van der Waals surface area (Å²) in [5, 5.41) is 12.7. The molecule has 0 amide bonds. The Kier molecular flexibility index (Phi) is 7.13. The monoisotopic (exact) mass is 558 g/mol. The van der Waals surface area contributed by atoms with Crippen molar-refractivity contribution in [2.24, 2.45) is 7.05 Å². The number of rotatable bonds is 7. The molecule has 1 aromatic carbocycles. The first-order valence-electron chi connectivity index (χ1n) is 13.5. The molecule has 6 rings (SSSR count). The predicted octanol–water partition coefficient (Wildman–Crippen LogP) is 4.59. The van der Waals surface area contributed by atoms with Gasteiger partial charge in [-0.3, -0.25) is 9.69 Å². The van der Waals surface area contributed by atoms with E-state index in [2.05, 4.69) is 33.2 Å². The lowest BCUT2D eigenvalue weighted by atomic mass is 9.98. The van der Waals surface area contributed by atoms with Crippen LogP contribution in [-0.2, 0) is 11.8 Å². The second-order valence-corrected chi connectivity index (χ2v) is 11.6. The quantitative estimate of drug-likeness (QED) is 0.328. The Labute approximate surface area is 236 Å². The molecule has 40 heavy (non-hydrogen) atoms. The van der Waals surface area contributed by atoms with Gasteiger partial charge in [0.15, 0.2) is 0 Å². The van der Waals surface area contributed by atoms with Crippen molar-refractivity contribution >= 4 is 28.1 Å². The van der Waals surface area contributed by atoms with Gasteiger partial charge in [-0.05, 0) is 49.6 Å². The van der Waals surface area contributed by atoms with Crippen molar-refractivity contribution in [3.05, 3.63) is 86.0 Å². The molecule has 2 aliphatic rings. The van der Waals surface area contributed by atoms with Crippen molar-refractivity contribution in [3.8, 4) is 6.07 Å². The zero-order valence-corrected chi connectivity index (χ0v) is 23.6. The van der Waals surface area contributed by atoms with Gasteiger partial charge in [0.1, 0.15) is 28.1 Å². The molecular weight excluding hydrogens is 527 g/mol. The molecule has 1 saturated heterocycles. The molecular formula is C30H31FN6O2S. The molecule has 0 radical (unpaired) electrons. The molecule has 10 heteroatoms. The number of nitriles is 1. The van der Waals surface area contributed by atoms with Crippen LogP contribution in [0, 0.1) is 17.1 Å². The molecule has 1 unspecified atom stereocenters. The first-order chi connectivity index (χ1) is 19.4. The van der Waals surface area contributed by atoms with Gasteiger partial charge in [0.25, 0.3) is 5.56 Å². The minimum Gasteiger partial charge on any atom is -0.383 e. The number of methoxy groups -OCH3 is 1. The lowest BCUT2D eigenvalue weighted by molar-refractivity contribution is 0.0520. The fourth-order valence-electron chi connectivity index (χ4n) is 5.76. The normalized spacial score (nSPS) is 20.5. The van der Waals surface area contributed by atoms with E-state index in [-0.39, 0.29) is 29.5 Å². The molecule has 3 aromatic heterocycles. The molecule has 206 valence electrons. The fraction of sp³-hybridized carbons (Fsp3) is 0.400. The highest BCUT2D eigenvalue weighted by Gasteiger charge is 2.39. The molecule has 8 nitrogen and oxygen atoms in total. The van der Waals surface area contributed by atoms with Crippen molar-refractivity contribution in [1.82, 2.24) is 19.4 Å². The van der Waals surface area contributed by atoms with Gasteiger partial charge in [-0.1, -0.05) is 12.1 Å². The van der Waals surface area contributed by atoms with Crippen molar-refractivity contribution in [1.29, 1.82) is 5.26 Å². The number of aryl methyl sites for hydroxylation is 1. The Hall–Kier alpha value is -3.65. The van der Waals surface area contributed by atoms with E-state index in [1.54, 1.807) is 48.3 Å². The van der Waals surface area contributed by atoms with Gasteiger partial charge in [-0.2, -0.15) is 5.26 Å². The Morgan fingerprint density at radius 3 is 2.65 bits per heavy atom. The average Bonchev–Trinajstić information content (AvgIpc) is 3.70. The van der Waals surface area contributed by atoms with Crippen LogP contribution in [0.5, 0.6) is 0 Å². The summed E-state index contributed by atoms with van der Waals surface area (Å²) >= 11 is 1.66. The summed E-state index contributed by atoms with van der Waals surface area (Å²) in [5.74, 6) is 0.276. The first kappa shape index (κ1) is 26.6. The summed E-state index contributed by atoms with van der Waals surface area (Å²) < 4.78 is 21.2. The van der Waals surface area contributed by atoms with E-state index in [0.29, 0.717) is 48.0 Å². The number of benzene rings is 1. The Morgan fingerprint density at radius 1 is 1.18 bits per heavy atom. The van der Waals surface area contributed by atoms with E-state index in [1.807, 2.05) is 12.1 Å². The maximum Gasteiger partial charge on any atom is 0.252 e. The van der Waals surface area contributed by atoms with Gasteiger partial charge < -0.3 is 14.2 Å². The summed E-state index contributed by atoms with van der Waals surface area (Å²) in [6, 6.07) is 13.7. The first-order valence-corrected chi connectivity index (χ1v) is 14.4. The zero-order valence-electron chi connectivity index (χ0n) is 22.7. The van der Waals surface area contributed by atoms with E-state index >= 15 is 0 Å². The molecule has 4 heterocycles. The van der Waals surface area contributed by atoms with Gasteiger partial charge in [0.05, 0.1) is 35.6 Å². The molecule has 0 spiro atoms. The Morgan fingerprint density at radius 2 is 1.95 bits per heavy atom. The minimum atomic E-state index is -0.270. The molecule has 0 bridgehead atoms. The predicted molar refractivity (Wildman–Crippen MR) is 153 cm³/mol. The van der Waals surface area contributed by atoms with E-state index in [9.17, 15) is 14.4 Å². The Bertz CT molecular complexity index is 1640. The number of hydrogen-bond donors (Lipinski definition) is 0. The van der Waals surface area contributed by atoms with Crippen LogP contribution in [0.15, 0.2) is 52.6 Å². The largest absolute Gasteiger partial charge is 0.383 e. The summed E-state index contributed by atoms with van der Waals surface area (Å²) in [6.07, 6.45) is 2.36. The molecule has 1 saturated carbocycles.